The third-order valence-electron chi connectivity index (χ3n) is 5.28. The first-order chi connectivity index (χ1) is 13.1. The second-order valence-electron chi connectivity index (χ2n) is 7.14. The summed E-state index contributed by atoms with van der Waals surface area (Å²) in [5.41, 5.74) is 2.51. The number of carbonyl (C=O) groups is 1. The minimum absolute atomic E-state index is 0.0156. The first-order valence-corrected chi connectivity index (χ1v) is 9.32. The molecule has 6 heteroatoms. The lowest BCUT2D eigenvalue weighted by Gasteiger charge is -2.39. The van der Waals surface area contributed by atoms with Crippen molar-refractivity contribution in [3.05, 3.63) is 65.6 Å². The number of nitrogens with zero attached hydrogens (tertiary/aromatic N) is 3. The molecule has 1 aromatic heterocycles. The van der Waals surface area contributed by atoms with Gasteiger partial charge in [0.2, 0.25) is 0 Å². The number of piperazine rings is 1. The highest BCUT2D eigenvalue weighted by Gasteiger charge is 2.29. The number of para-hydroxylation sites is 1. The first kappa shape index (κ1) is 17.7. The molecule has 2 heterocycles. The van der Waals surface area contributed by atoms with Crippen LogP contribution in [0.4, 0.5) is 4.39 Å². The van der Waals surface area contributed by atoms with Gasteiger partial charge in [0.1, 0.15) is 5.82 Å². The Morgan fingerprint density at radius 1 is 1.19 bits per heavy atom. The number of benzene rings is 2. The Bertz CT molecular complexity index is 937. The highest BCUT2D eigenvalue weighted by Crippen LogP contribution is 2.20. The van der Waals surface area contributed by atoms with Crippen LogP contribution in [0.5, 0.6) is 0 Å². The maximum atomic E-state index is 13.0. The Labute approximate surface area is 157 Å². The zero-order valence-electron chi connectivity index (χ0n) is 15.4. The first-order valence-electron chi connectivity index (χ1n) is 9.32. The topological polar surface area (TPSA) is 52.2 Å². The molecule has 0 saturated carbocycles. The average Bonchev–Trinajstić information content (AvgIpc) is 3.11. The Morgan fingerprint density at radius 3 is 2.74 bits per heavy atom. The minimum atomic E-state index is -0.203. The van der Waals surface area contributed by atoms with Crippen LogP contribution in [0, 0.1) is 5.82 Å². The summed E-state index contributed by atoms with van der Waals surface area (Å²) in [6.07, 6.45) is 0.880. The molecule has 4 rings (SSSR count). The molecular formula is C21H23FN4O. The zero-order chi connectivity index (χ0) is 18.8. The quantitative estimate of drug-likeness (QED) is 0.772. The number of aromatic nitrogens is 2. The number of hydrogen-bond donors (Lipinski definition) is 1. The van der Waals surface area contributed by atoms with Crippen LogP contribution in [-0.2, 0) is 6.42 Å². The fourth-order valence-electron chi connectivity index (χ4n) is 3.74. The fraction of sp³-hybridized carbons (Fsp3) is 0.333. The molecule has 1 unspecified atom stereocenters. The fourth-order valence-corrected chi connectivity index (χ4v) is 3.74. The van der Waals surface area contributed by atoms with Crippen LogP contribution in [0.15, 0.2) is 48.5 Å². The van der Waals surface area contributed by atoms with Gasteiger partial charge in [0.15, 0.2) is 5.69 Å². The van der Waals surface area contributed by atoms with Gasteiger partial charge in [0.05, 0.1) is 5.52 Å². The van der Waals surface area contributed by atoms with Gasteiger partial charge in [-0.25, -0.2) is 4.39 Å². The molecular weight excluding hydrogens is 343 g/mol. The number of fused-ring (bicyclic) bond motifs is 1. The molecule has 1 atom stereocenters. The maximum absolute atomic E-state index is 13.0. The number of hydrogen-bond acceptors (Lipinski definition) is 3. The van der Waals surface area contributed by atoms with Crippen LogP contribution in [0.3, 0.4) is 0 Å². The van der Waals surface area contributed by atoms with Crippen LogP contribution in [0.25, 0.3) is 10.9 Å². The van der Waals surface area contributed by atoms with Crippen molar-refractivity contribution in [3.8, 4) is 0 Å². The lowest BCUT2D eigenvalue weighted by molar-refractivity contribution is 0.0488. The maximum Gasteiger partial charge on any atom is 0.275 e. The second kappa shape index (κ2) is 7.48. The number of rotatable bonds is 4. The molecule has 2 aromatic carbocycles. The lowest BCUT2D eigenvalue weighted by Crippen LogP contribution is -2.54. The van der Waals surface area contributed by atoms with Gasteiger partial charge in [-0.05, 0) is 37.1 Å². The Hall–Kier alpha value is -2.73. The van der Waals surface area contributed by atoms with E-state index in [9.17, 15) is 9.18 Å². The van der Waals surface area contributed by atoms with Crippen LogP contribution >= 0.6 is 0 Å². The SMILES string of the molecule is CC1CN(CCc2ccc(F)cc2)CCN1C(=O)c1n[nH]c2ccccc12. The monoisotopic (exact) mass is 366 g/mol. The molecule has 1 fully saturated rings. The van der Waals surface area contributed by atoms with Crippen LogP contribution < -0.4 is 0 Å². The molecule has 1 aliphatic rings. The summed E-state index contributed by atoms with van der Waals surface area (Å²) in [6.45, 7) is 5.33. The smallest absolute Gasteiger partial charge is 0.275 e. The van der Waals surface area contributed by atoms with E-state index in [0.717, 1.165) is 42.5 Å². The van der Waals surface area contributed by atoms with Crippen molar-refractivity contribution < 1.29 is 9.18 Å². The van der Waals surface area contributed by atoms with Crippen molar-refractivity contribution >= 4 is 16.8 Å². The van der Waals surface area contributed by atoms with E-state index in [-0.39, 0.29) is 17.8 Å². The van der Waals surface area contributed by atoms with Gasteiger partial charge in [-0.3, -0.25) is 14.8 Å². The average molecular weight is 366 g/mol. The minimum Gasteiger partial charge on any atom is -0.332 e. The largest absolute Gasteiger partial charge is 0.332 e. The van der Waals surface area contributed by atoms with E-state index in [1.54, 1.807) is 0 Å². The van der Waals surface area contributed by atoms with Gasteiger partial charge in [-0.2, -0.15) is 5.10 Å². The third-order valence-corrected chi connectivity index (χ3v) is 5.28. The predicted octanol–water partition coefficient (Wildman–Crippen LogP) is 3.09. The highest BCUT2D eigenvalue weighted by molar-refractivity contribution is 6.04. The van der Waals surface area contributed by atoms with Gasteiger partial charge < -0.3 is 4.90 Å². The van der Waals surface area contributed by atoms with E-state index in [0.29, 0.717) is 12.2 Å². The van der Waals surface area contributed by atoms with E-state index in [1.807, 2.05) is 41.3 Å². The highest BCUT2D eigenvalue weighted by atomic mass is 19.1. The molecule has 0 spiro atoms. The molecule has 140 valence electrons. The standard InChI is InChI=1S/C21H23FN4O/c1-15-14-25(11-10-16-6-8-17(22)9-7-16)12-13-26(15)21(27)20-18-4-2-3-5-19(18)23-24-20/h2-9,15H,10-14H2,1H3,(H,23,24). The van der Waals surface area contributed by atoms with Gasteiger partial charge in [0, 0.05) is 37.6 Å². The Morgan fingerprint density at radius 2 is 1.96 bits per heavy atom. The predicted molar refractivity (Wildman–Crippen MR) is 103 cm³/mol. The van der Waals surface area contributed by atoms with E-state index in [4.69, 9.17) is 0 Å². The number of carbonyl (C=O) groups excluding carboxylic acids is 1. The summed E-state index contributed by atoms with van der Waals surface area (Å²) >= 11 is 0. The van der Waals surface area contributed by atoms with Crippen molar-refractivity contribution in [1.29, 1.82) is 0 Å². The second-order valence-corrected chi connectivity index (χ2v) is 7.14. The van der Waals surface area contributed by atoms with Gasteiger partial charge in [0.25, 0.3) is 5.91 Å². The summed E-state index contributed by atoms with van der Waals surface area (Å²) in [5.74, 6) is -0.219. The number of H-pyrrole nitrogens is 1. The summed E-state index contributed by atoms with van der Waals surface area (Å²) in [4.78, 5) is 17.3. The number of nitrogens with one attached hydrogen (secondary N) is 1. The number of halogens is 1. The molecule has 1 saturated heterocycles. The van der Waals surface area contributed by atoms with Crippen molar-refractivity contribution in [3.63, 3.8) is 0 Å². The normalized spacial score (nSPS) is 18.1. The molecule has 1 aliphatic heterocycles. The summed E-state index contributed by atoms with van der Waals surface area (Å²) in [5, 5.41) is 8.06. The van der Waals surface area contributed by atoms with Crippen molar-refractivity contribution in [2.24, 2.45) is 0 Å². The molecule has 0 bridgehead atoms. The van der Waals surface area contributed by atoms with Gasteiger partial charge in [-0.15, -0.1) is 0 Å². The zero-order valence-corrected chi connectivity index (χ0v) is 15.4. The van der Waals surface area contributed by atoms with Crippen molar-refractivity contribution in [1.82, 2.24) is 20.0 Å². The third kappa shape index (κ3) is 3.71. The van der Waals surface area contributed by atoms with E-state index >= 15 is 0 Å². The number of aromatic amines is 1. The van der Waals surface area contributed by atoms with Crippen molar-refractivity contribution in [2.75, 3.05) is 26.2 Å². The Kier molecular flexibility index (Phi) is 4.90. The van der Waals surface area contributed by atoms with Crippen LogP contribution in [-0.4, -0.2) is 58.1 Å². The lowest BCUT2D eigenvalue weighted by atomic mass is 10.1. The molecule has 27 heavy (non-hydrogen) atoms. The summed E-state index contributed by atoms with van der Waals surface area (Å²) < 4.78 is 13.0. The van der Waals surface area contributed by atoms with E-state index in [1.165, 1.54) is 12.1 Å². The summed E-state index contributed by atoms with van der Waals surface area (Å²) in [6, 6.07) is 14.5. The Balaban J connectivity index is 1.38. The molecule has 0 radical (unpaired) electrons. The van der Waals surface area contributed by atoms with Gasteiger partial charge >= 0.3 is 0 Å². The molecule has 1 amide bonds. The number of amides is 1. The van der Waals surface area contributed by atoms with E-state index < -0.39 is 0 Å². The van der Waals surface area contributed by atoms with Crippen molar-refractivity contribution in [2.45, 2.75) is 19.4 Å². The van der Waals surface area contributed by atoms with Crippen LogP contribution in [0.1, 0.15) is 23.0 Å². The molecule has 0 aliphatic carbocycles. The van der Waals surface area contributed by atoms with Gasteiger partial charge in [-0.1, -0.05) is 30.3 Å². The molecule has 5 nitrogen and oxygen atoms in total. The van der Waals surface area contributed by atoms with Crippen LogP contribution in [0.2, 0.25) is 0 Å². The van der Waals surface area contributed by atoms with E-state index in [2.05, 4.69) is 22.0 Å². The molecule has 3 aromatic rings. The molecule has 1 N–H and O–H groups in total. The summed E-state index contributed by atoms with van der Waals surface area (Å²) in [7, 11) is 0.